The summed E-state index contributed by atoms with van der Waals surface area (Å²) >= 11 is 0. The van der Waals surface area contributed by atoms with Gasteiger partial charge in [-0.05, 0) is 45.2 Å². The fraction of sp³-hybridized carbons (Fsp3) is 0.500. The van der Waals surface area contributed by atoms with Crippen LogP contribution in [0.15, 0.2) is 24.3 Å². The van der Waals surface area contributed by atoms with Gasteiger partial charge in [-0.15, -0.1) is 0 Å². The van der Waals surface area contributed by atoms with Crippen molar-refractivity contribution in [1.82, 2.24) is 4.90 Å². The quantitative estimate of drug-likeness (QED) is 0.483. The number of amides is 1. The molecule has 0 radical (unpaired) electrons. The molecule has 124 valence electrons. The van der Waals surface area contributed by atoms with E-state index < -0.39 is 10.9 Å². The highest BCUT2D eigenvalue weighted by molar-refractivity contribution is 5.91. The lowest BCUT2D eigenvalue weighted by molar-refractivity contribution is -0.384. The molecular weight excluding hydrogens is 300 g/mol. The summed E-state index contributed by atoms with van der Waals surface area (Å²) < 4.78 is 5.04. The lowest BCUT2D eigenvalue weighted by atomic mass is 9.97. The molecule has 2 atom stereocenters. The number of rotatable bonds is 4. The fourth-order valence-corrected chi connectivity index (χ4v) is 2.92. The molecule has 0 unspecified atom stereocenters. The fourth-order valence-electron chi connectivity index (χ4n) is 2.92. The summed E-state index contributed by atoms with van der Waals surface area (Å²) in [6.45, 7) is 3.67. The third-order valence-electron chi connectivity index (χ3n) is 4.12. The Hall–Kier alpha value is -2.44. The van der Waals surface area contributed by atoms with Crippen LogP contribution < -0.4 is 0 Å². The summed E-state index contributed by atoms with van der Waals surface area (Å²) in [6, 6.07) is 5.38. The Morgan fingerprint density at radius 1 is 1.22 bits per heavy atom. The van der Waals surface area contributed by atoms with E-state index in [4.69, 9.17) is 4.74 Å². The van der Waals surface area contributed by atoms with Gasteiger partial charge in [0.15, 0.2) is 6.61 Å². The first kappa shape index (κ1) is 16.9. The zero-order chi connectivity index (χ0) is 17.0. The van der Waals surface area contributed by atoms with Crippen molar-refractivity contribution in [3.8, 4) is 0 Å². The Morgan fingerprint density at radius 3 is 2.30 bits per heavy atom. The summed E-state index contributed by atoms with van der Waals surface area (Å²) in [7, 11) is 0. The molecule has 0 bridgehead atoms. The van der Waals surface area contributed by atoms with Crippen LogP contribution in [0.2, 0.25) is 0 Å². The van der Waals surface area contributed by atoms with E-state index in [1.165, 1.54) is 24.3 Å². The molecular formula is C16H20N2O5. The van der Waals surface area contributed by atoms with Gasteiger partial charge in [0, 0.05) is 24.2 Å². The van der Waals surface area contributed by atoms with Crippen LogP contribution in [-0.2, 0) is 9.53 Å². The second-order valence-corrected chi connectivity index (χ2v) is 5.81. The van der Waals surface area contributed by atoms with Gasteiger partial charge in [0.2, 0.25) is 0 Å². The average molecular weight is 320 g/mol. The molecule has 1 aromatic carbocycles. The van der Waals surface area contributed by atoms with Gasteiger partial charge in [0.1, 0.15) is 0 Å². The molecule has 0 aromatic heterocycles. The molecule has 0 aliphatic carbocycles. The van der Waals surface area contributed by atoms with Crippen molar-refractivity contribution in [2.45, 2.75) is 45.2 Å². The monoisotopic (exact) mass is 320 g/mol. The number of benzene rings is 1. The van der Waals surface area contributed by atoms with Gasteiger partial charge >= 0.3 is 5.97 Å². The molecule has 7 heteroatoms. The highest BCUT2D eigenvalue weighted by atomic mass is 16.6. The van der Waals surface area contributed by atoms with Crippen molar-refractivity contribution >= 4 is 17.6 Å². The zero-order valence-corrected chi connectivity index (χ0v) is 13.2. The minimum absolute atomic E-state index is 0.103. The van der Waals surface area contributed by atoms with Crippen molar-refractivity contribution in [1.29, 1.82) is 0 Å². The van der Waals surface area contributed by atoms with Crippen LogP contribution in [0.25, 0.3) is 0 Å². The summed E-state index contributed by atoms with van der Waals surface area (Å²) in [5.74, 6) is -0.870. The summed E-state index contributed by atoms with van der Waals surface area (Å²) in [4.78, 5) is 36.0. The molecule has 1 fully saturated rings. The van der Waals surface area contributed by atoms with Gasteiger partial charge in [-0.2, -0.15) is 0 Å². The van der Waals surface area contributed by atoms with Gasteiger partial charge in [-0.25, -0.2) is 4.79 Å². The number of carbonyl (C=O) groups excluding carboxylic acids is 2. The van der Waals surface area contributed by atoms with Crippen LogP contribution in [-0.4, -0.2) is 40.4 Å². The van der Waals surface area contributed by atoms with Crippen LogP contribution >= 0.6 is 0 Å². The van der Waals surface area contributed by atoms with Crippen LogP contribution in [0.3, 0.4) is 0 Å². The van der Waals surface area contributed by atoms with Gasteiger partial charge < -0.3 is 9.64 Å². The van der Waals surface area contributed by atoms with Crippen LogP contribution in [0.4, 0.5) is 5.69 Å². The van der Waals surface area contributed by atoms with Gasteiger partial charge in [-0.3, -0.25) is 14.9 Å². The molecule has 1 aromatic rings. The molecule has 1 aliphatic rings. The van der Waals surface area contributed by atoms with E-state index in [2.05, 4.69) is 0 Å². The molecule has 2 rings (SSSR count). The number of nitro groups is 1. The van der Waals surface area contributed by atoms with E-state index in [0.29, 0.717) is 0 Å². The van der Waals surface area contributed by atoms with Crippen LogP contribution in [0.1, 0.15) is 43.5 Å². The van der Waals surface area contributed by atoms with E-state index in [0.717, 1.165) is 19.3 Å². The van der Waals surface area contributed by atoms with Gasteiger partial charge in [0.05, 0.1) is 10.5 Å². The second-order valence-electron chi connectivity index (χ2n) is 5.81. The number of piperidine rings is 1. The summed E-state index contributed by atoms with van der Waals surface area (Å²) in [6.07, 6.45) is 2.99. The first-order valence-corrected chi connectivity index (χ1v) is 7.63. The van der Waals surface area contributed by atoms with E-state index >= 15 is 0 Å². The number of non-ortho nitro benzene ring substituents is 1. The van der Waals surface area contributed by atoms with Crippen LogP contribution in [0.5, 0.6) is 0 Å². The number of hydrogen-bond donors (Lipinski definition) is 0. The van der Waals surface area contributed by atoms with Crippen molar-refractivity contribution in [3.05, 3.63) is 39.9 Å². The normalized spacial score (nSPS) is 20.9. The minimum Gasteiger partial charge on any atom is -0.452 e. The topological polar surface area (TPSA) is 89.8 Å². The predicted molar refractivity (Wildman–Crippen MR) is 83.0 cm³/mol. The maximum atomic E-state index is 12.3. The number of hydrogen-bond acceptors (Lipinski definition) is 5. The first-order chi connectivity index (χ1) is 10.9. The maximum absolute atomic E-state index is 12.3. The van der Waals surface area contributed by atoms with E-state index in [-0.39, 0.29) is 35.8 Å². The number of esters is 1. The number of likely N-dealkylation sites (tertiary alicyclic amines) is 1. The highest BCUT2D eigenvalue weighted by Gasteiger charge is 2.29. The standard InChI is InChI=1S/C16H20N2O5/c1-11-4-3-5-12(2)17(11)15(19)10-23-16(20)13-6-8-14(9-7-13)18(21)22/h6-9,11-12H,3-5,10H2,1-2H3/t11-,12-/m1/s1. The van der Waals surface area contributed by atoms with Crippen LogP contribution in [0, 0.1) is 10.1 Å². The molecule has 7 nitrogen and oxygen atoms in total. The Labute approximate surface area is 134 Å². The van der Waals surface area contributed by atoms with Crippen molar-refractivity contribution < 1.29 is 19.2 Å². The number of nitrogens with zero attached hydrogens (tertiary/aromatic N) is 2. The third kappa shape index (κ3) is 4.06. The smallest absolute Gasteiger partial charge is 0.338 e. The number of nitro benzene ring substituents is 1. The molecule has 0 saturated carbocycles. The summed E-state index contributed by atoms with van der Waals surface area (Å²) in [5.41, 5.74) is 0.0803. The number of carbonyl (C=O) groups is 2. The predicted octanol–water partition coefficient (Wildman–Crippen LogP) is 2.54. The van der Waals surface area contributed by atoms with Crippen molar-refractivity contribution in [2.24, 2.45) is 0 Å². The van der Waals surface area contributed by atoms with Crippen molar-refractivity contribution in [3.63, 3.8) is 0 Å². The molecule has 0 spiro atoms. The first-order valence-electron chi connectivity index (χ1n) is 7.63. The lowest BCUT2D eigenvalue weighted by Gasteiger charge is -2.38. The number of ether oxygens (including phenoxy) is 1. The SMILES string of the molecule is C[C@@H]1CCC[C@@H](C)N1C(=O)COC(=O)c1ccc([N+](=O)[O-])cc1. The molecule has 1 amide bonds. The Bertz CT molecular complexity index is 589. The largest absolute Gasteiger partial charge is 0.452 e. The molecule has 1 aliphatic heterocycles. The van der Waals surface area contributed by atoms with Gasteiger partial charge in [-0.1, -0.05) is 0 Å². The average Bonchev–Trinajstić information content (AvgIpc) is 2.52. The third-order valence-corrected chi connectivity index (χ3v) is 4.12. The van der Waals surface area contributed by atoms with Crippen molar-refractivity contribution in [2.75, 3.05) is 6.61 Å². The van der Waals surface area contributed by atoms with Gasteiger partial charge in [0.25, 0.3) is 11.6 Å². The maximum Gasteiger partial charge on any atom is 0.338 e. The summed E-state index contributed by atoms with van der Waals surface area (Å²) in [5, 5.41) is 10.6. The lowest BCUT2D eigenvalue weighted by Crippen LogP contribution is -2.49. The molecule has 1 heterocycles. The van der Waals surface area contributed by atoms with E-state index in [1.54, 1.807) is 4.90 Å². The van der Waals surface area contributed by atoms with E-state index in [9.17, 15) is 19.7 Å². The van der Waals surface area contributed by atoms with E-state index in [1.807, 2.05) is 13.8 Å². The minimum atomic E-state index is -0.662. The Kier molecular flexibility index (Phi) is 5.31. The second kappa shape index (κ2) is 7.21. The highest BCUT2D eigenvalue weighted by Crippen LogP contribution is 2.22. The molecule has 1 saturated heterocycles. The molecule has 23 heavy (non-hydrogen) atoms. The Morgan fingerprint density at radius 2 is 1.78 bits per heavy atom. The Balaban J connectivity index is 1.93. The molecule has 0 N–H and O–H groups in total. The zero-order valence-electron chi connectivity index (χ0n) is 13.2.